The van der Waals surface area contributed by atoms with Gasteiger partial charge in [-0.3, -0.25) is 0 Å². The summed E-state index contributed by atoms with van der Waals surface area (Å²) in [5.74, 6) is 0. The first-order valence-electron chi connectivity index (χ1n) is 6.31. The van der Waals surface area contributed by atoms with E-state index >= 15 is 0 Å². The topological polar surface area (TPSA) is 24.1 Å². The number of nitrogens with one attached hydrogen (secondary N) is 2. The van der Waals surface area contributed by atoms with Crippen LogP contribution in [0.4, 0.5) is 5.69 Å². The van der Waals surface area contributed by atoms with E-state index in [1.165, 1.54) is 16.7 Å². The van der Waals surface area contributed by atoms with Crippen LogP contribution in [0.2, 0.25) is 0 Å². The van der Waals surface area contributed by atoms with Crippen molar-refractivity contribution in [3.63, 3.8) is 0 Å². The molecule has 3 heteroatoms. The van der Waals surface area contributed by atoms with Gasteiger partial charge in [0.15, 0.2) is 5.11 Å². The fourth-order valence-corrected chi connectivity index (χ4v) is 1.99. The largest absolute Gasteiger partial charge is 0.358 e. The van der Waals surface area contributed by atoms with Gasteiger partial charge in [0.2, 0.25) is 0 Å². The maximum Gasteiger partial charge on any atom is 0.171 e. The molecule has 0 amide bonds. The molecule has 0 atom stereocenters. The third-order valence-electron chi connectivity index (χ3n) is 3.01. The molecule has 0 saturated heterocycles. The molecule has 0 spiro atoms. The summed E-state index contributed by atoms with van der Waals surface area (Å²) in [6, 6.07) is 16.5. The maximum absolute atomic E-state index is 5.29. The molecule has 0 fully saturated rings. The summed E-state index contributed by atoms with van der Waals surface area (Å²) >= 11 is 5.29. The molecule has 0 radical (unpaired) electrons. The third-order valence-corrected chi connectivity index (χ3v) is 3.26. The minimum atomic E-state index is 0.645. The Labute approximate surface area is 119 Å². The number of rotatable bonds is 3. The van der Waals surface area contributed by atoms with Crippen molar-refractivity contribution in [3.8, 4) is 0 Å². The summed E-state index contributed by atoms with van der Waals surface area (Å²) in [5, 5.41) is 7.05. The molecule has 2 aromatic carbocycles. The van der Waals surface area contributed by atoms with Crippen molar-refractivity contribution in [2.75, 3.05) is 5.32 Å². The minimum absolute atomic E-state index is 0.645. The summed E-state index contributed by atoms with van der Waals surface area (Å²) in [6.07, 6.45) is 0. The Kier molecular flexibility index (Phi) is 4.53. The first-order valence-corrected chi connectivity index (χ1v) is 6.72. The van der Waals surface area contributed by atoms with E-state index in [0.29, 0.717) is 5.11 Å². The van der Waals surface area contributed by atoms with Crippen LogP contribution in [0.25, 0.3) is 0 Å². The fourth-order valence-electron chi connectivity index (χ4n) is 1.80. The zero-order chi connectivity index (χ0) is 13.7. The zero-order valence-corrected chi connectivity index (χ0v) is 12.1. The molecule has 0 unspecified atom stereocenters. The van der Waals surface area contributed by atoms with Crippen LogP contribution in [0.3, 0.4) is 0 Å². The van der Waals surface area contributed by atoms with Gasteiger partial charge in [0.1, 0.15) is 0 Å². The Morgan fingerprint density at radius 2 is 1.68 bits per heavy atom. The number of hydrogen-bond acceptors (Lipinski definition) is 1. The highest BCUT2D eigenvalue weighted by molar-refractivity contribution is 7.80. The van der Waals surface area contributed by atoms with Crippen LogP contribution in [0.15, 0.2) is 48.5 Å². The molecule has 19 heavy (non-hydrogen) atoms. The lowest BCUT2D eigenvalue weighted by Crippen LogP contribution is -2.28. The Morgan fingerprint density at radius 1 is 1.00 bits per heavy atom. The Hall–Kier alpha value is -1.87. The lowest BCUT2D eigenvalue weighted by molar-refractivity contribution is 0.915. The maximum atomic E-state index is 5.29. The number of aryl methyl sites for hydroxylation is 2. The van der Waals surface area contributed by atoms with Crippen molar-refractivity contribution in [1.82, 2.24) is 5.32 Å². The first kappa shape index (κ1) is 13.6. The predicted octanol–water partition coefficient (Wildman–Crippen LogP) is 3.79. The van der Waals surface area contributed by atoms with E-state index in [0.717, 1.165) is 12.2 Å². The molecule has 98 valence electrons. The summed E-state index contributed by atoms with van der Waals surface area (Å²) < 4.78 is 0. The van der Waals surface area contributed by atoms with Crippen molar-refractivity contribution >= 4 is 23.0 Å². The number of benzene rings is 2. The van der Waals surface area contributed by atoms with Crippen LogP contribution in [0, 0.1) is 13.8 Å². The summed E-state index contributed by atoms with van der Waals surface area (Å²) in [4.78, 5) is 0. The molecule has 0 aliphatic heterocycles. The van der Waals surface area contributed by atoms with Crippen LogP contribution in [0.5, 0.6) is 0 Å². The standard InChI is InChI=1S/C16H18N2S/c1-12-7-9-15(10-8-12)18-16(19)17-11-14-6-4-3-5-13(14)2/h3-10H,11H2,1-2H3,(H2,17,18,19). The van der Waals surface area contributed by atoms with E-state index < -0.39 is 0 Å². The summed E-state index contributed by atoms with van der Waals surface area (Å²) in [5.41, 5.74) is 4.78. The third kappa shape index (κ3) is 4.07. The van der Waals surface area contributed by atoms with Gasteiger partial charge in [-0.05, 0) is 49.3 Å². The molecule has 0 bridgehead atoms. The average Bonchev–Trinajstić information content (AvgIpc) is 2.40. The van der Waals surface area contributed by atoms with Crippen LogP contribution < -0.4 is 10.6 Å². The summed E-state index contributed by atoms with van der Waals surface area (Å²) in [7, 11) is 0. The first-order chi connectivity index (χ1) is 9.15. The van der Waals surface area contributed by atoms with Gasteiger partial charge < -0.3 is 10.6 Å². The quantitative estimate of drug-likeness (QED) is 0.830. The Balaban J connectivity index is 1.88. The second-order valence-corrected chi connectivity index (χ2v) is 5.01. The van der Waals surface area contributed by atoms with Gasteiger partial charge in [0.05, 0.1) is 0 Å². The van der Waals surface area contributed by atoms with Crippen LogP contribution >= 0.6 is 12.2 Å². The lowest BCUT2D eigenvalue weighted by Gasteiger charge is -2.12. The molecular formula is C16H18N2S. The van der Waals surface area contributed by atoms with E-state index in [4.69, 9.17) is 12.2 Å². The van der Waals surface area contributed by atoms with E-state index in [1.807, 2.05) is 24.3 Å². The molecule has 2 N–H and O–H groups in total. The second kappa shape index (κ2) is 6.34. The predicted molar refractivity (Wildman–Crippen MR) is 85.4 cm³/mol. The molecule has 0 aliphatic rings. The van der Waals surface area contributed by atoms with Crippen LogP contribution in [0.1, 0.15) is 16.7 Å². The highest BCUT2D eigenvalue weighted by Gasteiger charge is 2.00. The molecule has 0 heterocycles. The van der Waals surface area contributed by atoms with Crippen molar-refractivity contribution in [3.05, 3.63) is 65.2 Å². The van der Waals surface area contributed by atoms with E-state index in [9.17, 15) is 0 Å². The average molecular weight is 270 g/mol. The van der Waals surface area contributed by atoms with Gasteiger partial charge >= 0.3 is 0 Å². The monoisotopic (exact) mass is 270 g/mol. The van der Waals surface area contributed by atoms with Gasteiger partial charge in [-0.25, -0.2) is 0 Å². The van der Waals surface area contributed by atoms with Crippen molar-refractivity contribution in [1.29, 1.82) is 0 Å². The smallest absolute Gasteiger partial charge is 0.171 e. The van der Waals surface area contributed by atoms with Crippen LogP contribution in [-0.4, -0.2) is 5.11 Å². The van der Waals surface area contributed by atoms with Gasteiger partial charge in [0, 0.05) is 12.2 Å². The van der Waals surface area contributed by atoms with Crippen molar-refractivity contribution in [2.45, 2.75) is 20.4 Å². The second-order valence-electron chi connectivity index (χ2n) is 4.60. The number of thiocarbonyl (C=S) groups is 1. The van der Waals surface area contributed by atoms with Gasteiger partial charge in [-0.15, -0.1) is 0 Å². The molecule has 0 aromatic heterocycles. The molecule has 0 aliphatic carbocycles. The van der Waals surface area contributed by atoms with Gasteiger partial charge in [-0.2, -0.15) is 0 Å². The highest BCUT2D eigenvalue weighted by atomic mass is 32.1. The van der Waals surface area contributed by atoms with E-state index in [1.54, 1.807) is 0 Å². The normalized spacial score (nSPS) is 10.0. The van der Waals surface area contributed by atoms with E-state index in [-0.39, 0.29) is 0 Å². The minimum Gasteiger partial charge on any atom is -0.358 e. The van der Waals surface area contributed by atoms with Crippen LogP contribution in [-0.2, 0) is 6.54 Å². The molecule has 0 saturated carbocycles. The zero-order valence-electron chi connectivity index (χ0n) is 11.2. The molecule has 2 aromatic rings. The van der Waals surface area contributed by atoms with Gasteiger partial charge in [-0.1, -0.05) is 42.0 Å². The molecule has 2 rings (SSSR count). The fraction of sp³-hybridized carbons (Fsp3) is 0.188. The highest BCUT2D eigenvalue weighted by Crippen LogP contribution is 2.09. The van der Waals surface area contributed by atoms with Gasteiger partial charge in [0.25, 0.3) is 0 Å². The Morgan fingerprint density at radius 3 is 2.37 bits per heavy atom. The van der Waals surface area contributed by atoms with Crippen molar-refractivity contribution in [2.24, 2.45) is 0 Å². The Bertz CT molecular complexity index is 561. The van der Waals surface area contributed by atoms with Crippen molar-refractivity contribution < 1.29 is 0 Å². The SMILES string of the molecule is Cc1ccc(NC(=S)NCc2ccccc2C)cc1. The molecular weight excluding hydrogens is 252 g/mol. The molecule has 2 nitrogen and oxygen atoms in total. The van der Waals surface area contributed by atoms with E-state index in [2.05, 4.69) is 48.7 Å². The number of hydrogen-bond donors (Lipinski definition) is 2. The lowest BCUT2D eigenvalue weighted by atomic mass is 10.1. The number of anilines is 1. The summed E-state index contributed by atoms with van der Waals surface area (Å²) in [6.45, 7) is 4.91.